The molecule has 7 heteroatoms. The van der Waals surface area contributed by atoms with Crippen LogP contribution in [0.4, 0.5) is 4.39 Å². The normalized spacial score (nSPS) is 15.4. The van der Waals surface area contributed by atoms with Crippen LogP contribution in [-0.2, 0) is 0 Å². The molecule has 2 aromatic carbocycles. The van der Waals surface area contributed by atoms with E-state index in [4.69, 9.17) is 32.9 Å². The fourth-order valence-corrected chi connectivity index (χ4v) is 3.60. The zero-order valence-electron chi connectivity index (χ0n) is 14.6. The topological polar surface area (TPSA) is 38.4 Å². The van der Waals surface area contributed by atoms with Gasteiger partial charge in [0.1, 0.15) is 29.6 Å². The molecule has 0 radical (unpaired) electrons. The molecule has 0 saturated heterocycles. The monoisotopic (exact) mass is 402 g/mol. The molecule has 0 bridgehead atoms. The Morgan fingerprint density at radius 3 is 2.78 bits per heavy atom. The first-order valence-electron chi connectivity index (χ1n) is 8.28. The molecule has 1 unspecified atom stereocenters. The molecule has 3 aromatic rings. The van der Waals surface area contributed by atoms with Crippen LogP contribution in [0.5, 0.6) is 5.75 Å². The van der Waals surface area contributed by atoms with Gasteiger partial charge in [-0.15, -0.1) is 0 Å². The standard InChI is InChI=1S/C20H15Cl2FN3O/c1-11-20-24-8-3-9-26(20)16-7-5-14(21)18(22)17(16)19(25-11)13-10-12(27-2)4-6-15(13)23/h3-11H,1-2H3/q+1. The summed E-state index contributed by atoms with van der Waals surface area (Å²) in [7, 11) is 1.53. The SMILES string of the molecule is COc1ccc(F)c(C2=NC(C)c3nccc[n+]3-c3ccc(Cl)c(Cl)c32)c1. The van der Waals surface area contributed by atoms with Gasteiger partial charge in [0.05, 0.1) is 28.4 Å². The summed E-state index contributed by atoms with van der Waals surface area (Å²) in [5.74, 6) is 0.817. The minimum atomic E-state index is -0.423. The lowest BCUT2D eigenvalue weighted by atomic mass is 9.99. The van der Waals surface area contributed by atoms with Crippen molar-refractivity contribution in [2.45, 2.75) is 13.0 Å². The van der Waals surface area contributed by atoms with Gasteiger partial charge in [0.15, 0.2) is 6.04 Å². The Balaban J connectivity index is 2.09. The smallest absolute Gasteiger partial charge is 0.327 e. The fourth-order valence-electron chi connectivity index (χ4n) is 3.19. The highest BCUT2D eigenvalue weighted by Crippen LogP contribution is 2.35. The Bertz CT molecular complexity index is 1080. The fraction of sp³-hybridized carbons (Fsp3) is 0.150. The summed E-state index contributed by atoms with van der Waals surface area (Å²) in [6.07, 6.45) is 3.58. The van der Waals surface area contributed by atoms with Crippen molar-refractivity contribution in [3.63, 3.8) is 0 Å². The first kappa shape index (κ1) is 17.9. The van der Waals surface area contributed by atoms with Gasteiger partial charge in [-0.3, -0.25) is 4.99 Å². The van der Waals surface area contributed by atoms with Crippen LogP contribution in [0.15, 0.2) is 53.8 Å². The van der Waals surface area contributed by atoms with Crippen molar-refractivity contribution in [1.29, 1.82) is 0 Å². The minimum Gasteiger partial charge on any atom is -0.497 e. The van der Waals surface area contributed by atoms with Crippen molar-refractivity contribution in [2.75, 3.05) is 7.11 Å². The first-order valence-corrected chi connectivity index (χ1v) is 9.04. The van der Waals surface area contributed by atoms with Crippen LogP contribution in [-0.4, -0.2) is 17.8 Å². The Morgan fingerprint density at radius 2 is 2.00 bits per heavy atom. The van der Waals surface area contributed by atoms with Crippen LogP contribution < -0.4 is 9.30 Å². The van der Waals surface area contributed by atoms with Gasteiger partial charge in [-0.25, -0.2) is 4.39 Å². The van der Waals surface area contributed by atoms with Gasteiger partial charge in [-0.1, -0.05) is 28.2 Å². The van der Waals surface area contributed by atoms with Crippen molar-refractivity contribution >= 4 is 28.9 Å². The zero-order valence-corrected chi connectivity index (χ0v) is 16.1. The number of aromatic nitrogens is 2. The third-order valence-corrected chi connectivity index (χ3v) is 5.27. The van der Waals surface area contributed by atoms with E-state index in [-0.39, 0.29) is 6.04 Å². The maximum absolute atomic E-state index is 14.8. The molecule has 1 atom stereocenters. The minimum absolute atomic E-state index is 0.292. The highest BCUT2D eigenvalue weighted by atomic mass is 35.5. The number of rotatable bonds is 2. The van der Waals surface area contributed by atoms with Crippen molar-refractivity contribution in [3.8, 4) is 11.4 Å². The van der Waals surface area contributed by atoms with Gasteiger partial charge in [0.2, 0.25) is 0 Å². The van der Waals surface area contributed by atoms with Gasteiger partial charge < -0.3 is 4.74 Å². The van der Waals surface area contributed by atoms with Crippen LogP contribution in [0.1, 0.15) is 29.9 Å². The summed E-state index contributed by atoms with van der Waals surface area (Å²) in [6, 6.07) is 9.56. The summed E-state index contributed by atoms with van der Waals surface area (Å²) in [5.41, 5.74) is 1.99. The summed E-state index contributed by atoms with van der Waals surface area (Å²) >= 11 is 12.9. The van der Waals surface area contributed by atoms with E-state index in [9.17, 15) is 4.39 Å². The molecular formula is C20H15Cl2FN3O+. The Labute approximate surface area is 165 Å². The third kappa shape index (κ3) is 2.97. The number of nitrogens with zero attached hydrogens (tertiary/aromatic N) is 3. The molecule has 1 aliphatic heterocycles. The molecule has 1 aliphatic rings. The first-order chi connectivity index (χ1) is 13.0. The molecule has 0 saturated carbocycles. The Hall–Kier alpha value is -2.50. The molecule has 0 fully saturated rings. The molecule has 2 heterocycles. The van der Waals surface area contributed by atoms with Crippen molar-refractivity contribution in [1.82, 2.24) is 4.98 Å². The van der Waals surface area contributed by atoms with Crippen molar-refractivity contribution in [3.05, 3.63) is 81.6 Å². The van der Waals surface area contributed by atoms with E-state index in [0.29, 0.717) is 32.6 Å². The second kappa shape index (κ2) is 6.91. The molecular weight excluding hydrogens is 388 g/mol. The van der Waals surface area contributed by atoms with Crippen molar-refractivity contribution in [2.24, 2.45) is 4.99 Å². The molecule has 4 rings (SSSR count). The van der Waals surface area contributed by atoms with Gasteiger partial charge in [-0.2, -0.15) is 4.57 Å². The molecule has 0 N–H and O–H groups in total. The lowest BCUT2D eigenvalue weighted by Crippen LogP contribution is -2.37. The van der Waals surface area contributed by atoms with Crippen LogP contribution in [0, 0.1) is 5.82 Å². The van der Waals surface area contributed by atoms with E-state index in [2.05, 4.69) is 4.98 Å². The van der Waals surface area contributed by atoms with Gasteiger partial charge >= 0.3 is 5.82 Å². The number of fused-ring (bicyclic) bond motifs is 3. The maximum Gasteiger partial charge on any atom is 0.327 e. The van der Waals surface area contributed by atoms with E-state index in [0.717, 1.165) is 11.5 Å². The molecule has 0 spiro atoms. The molecule has 4 nitrogen and oxygen atoms in total. The number of benzene rings is 2. The van der Waals surface area contributed by atoms with E-state index < -0.39 is 5.82 Å². The maximum atomic E-state index is 14.8. The second-order valence-electron chi connectivity index (χ2n) is 6.10. The highest BCUT2D eigenvalue weighted by Gasteiger charge is 2.32. The molecule has 0 amide bonds. The van der Waals surface area contributed by atoms with Gasteiger partial charge in [0.25, 0.3) is 0 Å². The molecule has 27 heavy (non-hydrogen) atoms. The molecule has 1 aromatic heterocycles. The number of methoxy groups -OCH3 is 1. The quantitative estimate of drug-likeness (QED) is 0.581. The Morgan fingerprint density at radius 1 is 1.19 bits per heavy atom. The molecule has 136 valence electrons. The number of halogens is 3. The van der Waals surface area contributed by atoms with E-state index in [1.165, 1.54) is 13.2 Å². The van der Waals surface area contributed by atoms with E-state index in [1.54, 1.807) is 24.4 Å². The summed E-state index contributed by atoms with van der Waals surface area (Å²) in [5, 5.41) is 0.679. The average Bonchev–Trinajstić information content (AvgIpc) is 2.81. The highest BCUT2D eigenvalue weighted by molar-refractivity contribution is 6.45. The van der Waals surface area contributed by atoms with Crippen LogP contribution >= 0.6 is 23.2 Å². The molecule has 0 aliphatic carbocycles. The lowest BCUT2D eigenvalue weighted by molar-refractivity contribution is -0.609. The van der Waals surface area contributed by atoms with Gasteiger partial charge in [0, 0.05) is 11.6 Å². The van der Waals surface area contributed by atoms with Gasteiger partial charge in [-0.05, 0) is 37.3 Å². The number of hydrogen-bond acceptors (Lipinski definition) is 3. The predicted molar refractivity (Wildman–Crippen MR) is 103 cm³/mol. The summed E-state index contributed by atoms with van der Waals surface area (Å²) in [4.78, 5) is 9.22. The number of ether oxygens (including phenoxy) is 1. The third-order valence-electron chi connectivity index (χ3n) is 4.47. The van der Waals surface area contributed by atoms with Crippen LogP contribution in [0.3, 0.4) is 0 Å². The second-order valence-corrected chi connectivity index (χ2v) is 6.89. The average molecular weight is 403 g/mol. The van der Waals surface area contributed by atoms with Crippen LogP contribution in [0.25, 0.3) is 5.69 Å². The summed E-state index contributed by atoms with van der Waals surface area (Å²) < 4.78 is 21.9. The number of hydrogen-bond donors (Lipinski definition) is 0. The summed E-state index contributed by atoms with van der Waals surface area (Å²) in [6.45, 7) is 1.90. The van der Waals surface area contributed by atoms with Crippen molar-refractivity contribution < 1.29 is 13.7 Å². The van der Waals surface area contributed by atoms with E-state index in [1.807, 2.05) is 29.8 Å². The largest absolute Gasteiger partial charge is 0.497 e. The Kier molecular flexibility index (Phi) is 4.58. The van der Waals surface area contributed by atoms with Crippen LogP contribution in [0.2, 0.25) is 10.0 Å². The van der Waals surface area contributed by atoms with E-state index >= 15 is 0 Å². The number of aliphatic imine (C=N–C) groups is 1. The lowest BCUT2D eigenvalue weighted by Gasteiger charge is -2.13. The predicted octanol–water partition coefficient (Wildman–Crippen LogP) is 4.72. The zero-order chi connectivity index (χ0) is 19.1.